The highest BCUT2D eigenvalue weighted by Gasteiger charge is 2.36. The van der Waals surface area contributed by atoms with Crippen LogP contribution in [-0.2, 0) is 6.18 Å². The number of hydrogen-bond donors (Lipinski definition) is 0. The third-order valence-corrected chi connectivity index (χ3v) is 13.0. The average Bonchev–Trinajstić information content (AvgIpc) is 3.92. The zero-order valence-electron chi connectivity index (χ0n) is 37.0. The van der Waals surface area contributed by atoms with Crippen molar-refractivity contribution in [3.05, 3.63) is 235 Å². The maximum absolute atomic E-state index is 15.1. The molecule has 8 aromatic carbocycles. The van der Waals surface area contributed by atoms with Gasteiger partial charge in [0.25, 0.3) is 0 Å². The predicted octanol–water partition coefficient (Wildman–Crippen LogP) is 16.4. The van der Waals surface area contributed by atoms with Crippen molar-refractivity contribution in [3.8, 4) is 73.6 Å². The second-order valence-electron chi connectivity index (χ2n) is 17.0. The molecule has 330 valence electrons. The van der Waals surface area contributed by atoms with Crippen molar-refractivity contribution in [2.45, 2.75) is 6.18 Å². The van der Waals surface area contributed by atoms with Crippen LogP contribution in [0.15, 0.2) is 212 Å². The summed E-state index contributed by atoms with van der Waals surface area (Å²) < 4.78 is 49.4. The second kappa shape index (κ2) is 16.6. The second-order valence-corrected chi connectivity index (χ2v) is 17.0. The van der Waals surface area contributed by atoms with Crippen LogP contribution in [0.25, 0.3) is 116 Å². The Morgan fingerprint density at radius 3 is 1.37 bits per heavy atom. The molecule has 12 aromatic rings. The number of halogens is 3. The van der Waals surface area contributed by atoms with Crippen molar-refractivity contribution in [3.63, 3.8) is 0 Å². The number of fused-ring (bicyclic) bond motifs is 6. The van der Waals surface area contributed by atoms with E-state index in [0.717, 1.165) is 94.7 Å². The molecule has 4 heterocycles. The molecular weight excluding hydrogens is 874 g/mol. The van der Waals surface area contributed by atoms with Crippen molar-refractivity contribution in [2.24, 2.45) is 0 Å². The molecule has 0 amide bonds. The number of aromatic nitrogens is 4. The maximum Gasteiger partial charge on any atom is 0.415 e. The molecule has 4 aromatic heterocycles. The van der Waals surface area contributed by atoms with Gasteiger partial charge in [0.15, 0.2) is 5.69 Å². The van der Waals surface area contributed by atoms with Gasteiger partial charge in [0.1, 0.15) is 0 Å². The Labute approximate surface area is 399 Å². The summed E-state index contributed by atoms with van der Waals surface area (Å²) in [6.07, 6.45) is -4.82. The summed E-state index contributed by atoms with van der Waals surface area (Å²) in [5.41, 5.74) is 9.74. The Kier molecular flexibility index (Phi) is 9.94. The van der Waals surface area contributed by atoms with Crippen LogP contribution in [0.5, 0.6) is 0 Å². The molecule has 0 radical (unpaired) electrons. The van der Waals surface area contributed by atoms with Crippen LogP contribution in [0.3, 0.4) is 0 Å². The molecule has 0 spiro atoms. The maximum atomic E-state index is 15.1. The Balaban J connectivity index is 1.14. The predicted molar refractivity (Wildman–Crippen MR) is 274 cm³/mol. The SMILES string of the molecule is [C-]#[N+]c1cccc(C(F)(F)F)c1-c1cc(-n2c3ccccc3c3cc(-c4cccc(-c5ccccc5)n4)ccc32)c(-n2c3ccccc3c3cc(-c4cccc(-c5ccccc5)n4)ccc32)cc1C#N. The number of nitriles is 1. The van der Waals surface area contributed by atoms with Crippen LogP contribution in [0, 0.1) is 17.9 Å². The van der Waals surface area contributed by atoms with E-state index in [2.05, 4.69) is 38.2 Å². The minimum atomic E-state index is -4.82. The molecule has 9 heteroatoms. The number of benzene rings is 8. The van der Waals surface area contributed by atoms with Crippen LogP contribution in [0.2, 0.25) is 0 Å². The van der Waals surface area contributed by atoms with E-state index in [-0.39, 0.29) is 22.4 Å². The van der Waals surface area contributed by atoms with Crippen LogP contribution in [0.4, 0.5) is 18.9 Å². The van der Waals surface area contributed by atoms with Crippen LogP contribution in [0.1, 0.15) is 11.1 Å². The molecule has 12 rings (SSSR count). The van der Waals surface area contributed by atoms with Gasteiger partial charge in [-0.25, -0.2) is 14.8 Å². The molecule has 0 unspecified atom stereocenters. The van der Waals surface area contributed by atoms with E-state index in [0.29, 0.717) is 11.4 Å². The molecule has 0 saturated heterocycles. The summed E-state index contributed by atoms with van der Waals surface area (Å²) in [7, 11) is 0. The van der Waals surface area contributed by atoms with Gasteiger partial charge in [-0.2, -0.15) is 18.4 Å². The summed E-state index contributed by atoms with van der Waals surface area (Å²) in [5, 5.41) is 14.7. The first-order valence-electron chi connectivity index (χ1n) is 22.6. The standard InChI is InChI=1S/C61H35F3N6/c1-66-53-26-12-21-48(61(62,63)64)60(53)45-36-59(70-55-28-11-9-20-44(55)47-34-41(30-32-57(47)70)52-25-14-23-50(68-52)39-17-6-3-7-18-39)58(35-42(45)37-65)69-54-27-10-8-19-43(54)46-33-40(29-31-56(46)69)51-24-13-22-49(67-51)38-15-4-2-5-16-38/h2-36H. The number of nitrogens with zero attached hydrogens (tertiary/aromatic N) is 6. The molecule has 0 fully saturated rings. The van der Waals surface area contributed by atoms with E-state index in [9.17, 15) is 5.26 Å². The molecule has 0 saturated carbocycles. The fourth-order valence-electron chi connectivity index (χ4n) is 9.90. The van der Waals surface area contributed by atoms with E-state index >= 15 is 13.2 Å². The normalized spacial score (nSPS) is 11.6. The Hall–Kier alpha value is -9.57. The lowest BCUT2D eigenvalue weighted by atomic mass is 9.92. The van der Waals surface area contributed by atoms with Gasteiger partial charge in [0.2, 0.25) is 0 Å². The van der Waals surface area contributed by atoms with Crippen LogP contribution < -0.4 is 0 Å². The summed E-state index contributed by atoms with van der Waals surface area (Å²) in [6.45, 7) is 8.05. The quantitative estimate of drug-likeness (QED) is 0.150. The van der Waals surface area contributed by atoms with Gasteiger partial charge in [-0.3, -0.25) is 0 Å². The summed E-state index contributed by atoms with van der Waals surface area (Å²) >= 11 is 0. The van der Waals surface area contributed by atoms with E-state index in [1.165, 1.54) is 12.1 Å². The topological polar surface area (TPSA) is 63.8 Å². The zero-order chi connectivity index (χ0) is 47.5. The third kappa shape index (κ3) is 6.96. The third-order valence-electron chi connectivity index (χ3n) is 13.0. The van der Waals surface area contributed by atoms with E-state index < -0.39 is 11.7 Å². The first-order valence-corrected chi connectivity index (χ1v) is 22.6. The largest absolute Gasteiger partial charge is 0.415 e. The Morgan fingerprint density at radius 1 is 0.443 bits per heavy atom. The lowest BCUT2D eigenvalue weighted by Gasteiger charge is -2.21. The Bertz CT molecular complexity index is 4140. The molecule has 0 aliphatic carbocycles. The summed E-state index contributed by atoms with van der Waals surface area (Å²) in [4.78, 5) is 13.7. The van der Waals surface area contributed by atoms with Gasteiger partial charge in [0.05, 0.1) is 80.0 Å². The fraction of sp³-hybridized carbons (Fsp3) is 0.0164. The highest BCUT2D eigenvalue weighted by Crippen LogP contribution is 2.47. The molecule has 0 N–H and O–H groups in total. The Morgan fingerprint density at radius 2 is 0.886 bits per heavy atom. The fourth-order valence-corrected chi connectivity index (χ4v) is 9.90. The molecular formula is C61H35F3N6. The lowest BCUT2D eigenvalue weighted by molar-refractivity contribution is -0.137. The molecule has 0 aliphatic rings. The number of hydrogen-bond acceptors (Lipinski definition) is 3. The van der Waals surface area contributed by atoms with Crippen molar-refractivity contribution >= 4 is 49.3 Å². The molecule has 0 atom stereocenters. The van der Waals surface area contributed by atoms with E-state index in [1.54, 1.807) is 12.1 Å². The van der Waals surface area contributed by atoms with Crippen molar-refractivity contribution in [2.75, 3.05) is 0 Å². The minimum Gasteiger partial charge on any atom is -0.307 e. The average molecular weight is 909 g/mol. The summed E-state index contributed by atoms with van der Waals surface area (Å²) in [5.74, 6) is 0. The number of pyridine rings is 2. The minimum absolute atomic E-state index is 0.00270. The van der Waals surface area contributed by atoms with Crippen molar-refractivity contribution in [1.29, 1.82) is 5.26 Å². The summed E-state index contributed by atoms with van der Waals surface area (Å²) in [6, 6.07) is 69.3. The first-order chi connectivity index (χ1) is 34.3. The van der Waals surface area contributed by atoms with Gasteiger partial charge in [-0.05, 0) is 78.4 Å². The van der Waals surface area contributed by atoms with Gasteiger partial charge < -0.3 is 9.13 Å². The number of para-hydroxylation sites is 2. The first kappa shape index (κ1) is 41.8. The van der Waals surface area contributed by atoms with Crippen LogP contribution >= 0.6 is 0 Å². The number of alkyl halides is 3. The van der Waals surface area contributed by atoms with Gasteiger partial charge in [-0.15, -0.1) is 0 Å². The van der Waals surface area contributed by atoms with Crippen molar-refractivity contribution < 1.29 is 13.2 Å². The van der Waals surface area contributed by atoms with Crippen molar-refractivity contribution in [1.82, 2.24) is 19.1 Å². The lowest BCUT2D eigenvalue weighted by Crippen LogP contribution is -2.09. The van der Waals surface area contributed by atoms with Crippen LogP contribution in [-0.4, -0.2) is 19.1 Å². The smallest absolute Gasteiger partial charge is 0.307 e. The van der Waals surface area contributed by atoms with Gasteiger partial charge >= 0.3 is 6.18 Å². The molecule has 70 heavy (non-hydrogen) atoms. The highest BCUT2D eigenvalue weighted by molar-refractivity contribution is 6.13. The monoisotopic (exact) mass is 908 g/mol. The highest BCUT2D eigenvalue weighted by atomic mass is 19.4. The molecule has 0 aliphatic heterocycles. The molecule has 0 bridgehead atoms. The van der Waals surface area contributed by atoms with E-state index in [1.807, 2.05) is 164 Å². The van der Waals surface area contributed by atoms with E-state index in [4.69, 9.17) is 16.5 Å². The zero-order valence-corrected chi connectivity index (χ0v) is 37.0. The van der Waals surface area contributed by atoms with Gasteiger partial charge in [-0.1, -0.05) is 140 Å². The van der Waals surface area contributed by atoms with Gasteiger partial charge in [0, 0.05) is 49.4 Å². The number of rotatable bonds is 7. The molecule has 6 nitrogen and oxygen atoms in total.